The SMILES string of the molecule is CCNC(=O)C1CCN(c2nc(COCC)nc3c2CCNCC3)C1.Cl.Cl. The normalized spacial score (nSPS) is 18.7. The Hall–Kier alpha value is -1.15. The molecule has 2 aliphatic heterocycles. The lowest BCUT2D eigenvalue weighted by Gasteiger charge is -2.22. The van der Waals surface area contributed by atoms with E-state index in [4.69, 9.17) is 14.7 Å². The topological polar surface area (TPSA) is 79.4 Å². The number of nitrogens with zero attached hydrogens (tertiary/aromatic N) is 3. The summed E-state index contributed by atoms with van der Waals surface area (Å²) in [5.41, 5.74) is 2.37. The lowest BCUT2D eigenvalue weighted by molar-refractivity contribution is -0.124. The van der Waals surface area contributed by atoms with Gasteiger partial charge in [-0.2, -0.15) is 0 Å². The zero-order chi connectivity index (χ0) is 17.6. The van der Waals surface area contributed by atoms with Crippen LogP contribution < -0.4 is 15.5 Å². The maximum absolute atomic E-state index is 12.2. The van der Waals surface area contributed by atoms with Gasteiger partial charge in [-0.1, -0.05) is 0 Å². The molecule has 0 radical (unpaired) electrons. The number of halogens is 2. The van der Waals surface area contributed by atoms with E-state index in [0.717, 1.165) is 62.8 Å². The largest absolute Gasteiger partial charge is 0.374 e. The fourth-order valence-electron chi connectivity index (χ4n) is 3.58. The minimum Gasteiger partial charge on any atom is -0.374 e. The first kappa shape index (κ1) is 23.9. The fourth-order valence-corrected chi connectivity index (χ4v) is 3.58. The molecule has 9 heteroatoms. The lowest BCUT2D eigenvalue weighted by Crippen LogP contribution is -2.33. The third-order valence-corrected chi connectivity index (χ3v) is 4.85. The molecule has 154 valence electrons. The first-order chi connectivity index (χ1) is 12.2. The minimum absolute atomic E-state index is 0. The molecule has 2 N–H and O–H groups in total. The summed E-state index contributed by atoms with van der Waals surface area (Å²) in [5.74, 6) is 1.96. The highest BCUT2D eigenvalue weighted by Gasteiger charge is 2.31. The second-order valence-corrected chi connectivity index (χ2v) is 6.60. The number of aromatic nitrogens is 2. The highest BCUT2D eigenvalue weighted by atomic mass is 35.5. The van der Waals surface area contributed by atoms with Crippen LogP contribution in [0.15, 0.2) is 0 Å². The molecular weight excluding hydrogens is 389 g/mol. The molecule has 1 aromatic rings. The van der Waals surface area contributed by atoms with Crippen LogP contribution in [-0.4, -0.2) is 55.2 Å². The number of amides is 1. The van der Waals surface area contributed by atoms with Crippen LogP contribution in [0.3, 0.4) is 0 Å². The van der Waals surface area contributed by atoms with E-state index in [0.29, 0.717) is 19.8 Å². The number of carbonyl (C=O) groups is 1. The third-order valence-electron chi connectivity index (χ3n) is 4.85. The molecule has 3 rings (SSSR count). The van der Waals surface area contributed by atoms with E-state index in [1.165, 1.54) is 5.56 Å². The Morgan fingerprint density at radius 3 is 2.78 bits per heavy atom. The van der Waals surface area contributed by atoms with Crippen molar-refractivity contribution in [3.63, 3.8) is 0 Å². The number of anilines is 1. The molecule has 7 nitrogen and oxygen atoms in total. The monoisotopic (exact) mass is 419 g/mol. The van der Waals surface area contributed by atoms with Crippen LogP contribution in [0.2, 0.25) is 0 Å². The van der Waals surface area contributed by atoms with Gasteiger partial charge in [0.05, 0.1) is 11.6 Å². The predicted octanol–water partition coefficient (Wildman–Crippen LogP) is 1.51. The van der Waals surface area contributed by atoms with E-state index >= 15 is 0 Å². The molecule has 27 heavy (non-hydrogen) atoms. The zero-order valence-corrected chi connectivity index (χ0v) is 17.8. The first-order valence-corrected chi connectivity index (χ1v) is 9.42. The smallest absolute Gasteiger partial charge is 0.224 e. The number of fused-ring (bicyclic) bond motifs is 1. The van der Waals surface area contributed by atoms with Gasteiger partial charge in [0.1, 0.15) is 12.4 Å². The molecule has 1 saturated heterocycles. The Bertz CT molecular complexity index is 618. The Kier molecular flexibility index (Phi) is 10.3. The average molecular weight is 420 g/mol. The summed E-state index contributed by atoms with van der Waals surface area (Å²) in [6.07, 6.45) is 2.73. The fraction of sp³-hybridized carbons (Fsp3) is 0.722. The first-order valence-electron chi connectivity index (χ1n) is 9.42. The maximum Gasteiger partial charge on any atom is 0.224 e. The van der Waals surface area contributed by atoms with Gasteiger partial charge in [-0.05, 0) is 33.2 Å². The van der Waals surface area contributed by atoms with Gasteiger partial charge < -0.3 is 20.3 Å². The van der Waals surface area contributed by atoms with Crippen molar-refractivity contribution in [3.05, 3.63) is 17.1 Å². The summed E-state index contributed by atoms with van der Waals surface area (Å²) < 4.78 is 5.53. The molecule has 0 spiro atoms. The van der Waals surface area contributed by atoms with Gasteiger partial charge >= 0.3 is 0 Å². The number of carbonyl (C=O) groups excluding carboxylic acids is 1. The van der Waals surface area contributed by atoms with Crippen molar-refractivity contribution in [2.24, 2.45) is 5.92 Å². The van der Waals surface area contributed by atoms with Crippen molar-refractivity contribution in [2.75, 3.05) is 44.2 Å². The van der Waals surface area contributed by atoms with Gasteiger partial charge in [-0.25, -0.2) is 9.97 Å². The summed E-state index contributed by atoms with van der Waals surface area (Å²) in [6.45, 7) is 9.21. The summed E-state index contributed by atoms with van der Waals surface area (Å²) >= 11 is 0. The number of hydrogen-bond acceptors (Lipinski definition) is 6. The van der Waals surface area contributed by atoms with E-state index < -0.39 is 0 Å². The maximum atomic E-state index is 12.2. The van der Waals surface area contributed by atoms with Crippen molar-refractivity contribution in [1.82, 2.24) is 20.6 Å². The highest BCUT2D eigenvalue weighted by Crippen LogP contribution is 2.28. The second kappa shape index (κ2) is 11.6. The van der Waals surface area contributed by atoms with E-state index in [2.05, 4.69) is 15.5 Å². The Morgan fingerprint density at radius 2 is 2.04 bits per heavy atom. The number of hydrogen-bond donors (Lipinski definition) is 2. The molecule has 1 amide bonds. The zero-order valence-electron chi connectivity index (χ0n) is 16.1. The molecule has 1 unspecified atom stereocenters. The second-order valence-electron chi connectivity index (χ2n) is 6.60. The van der Waals surface area contributed by atoms with Crippen LogP contribution in [0.5, 0.6) is 0 Å². The molecule has 0 saturated carbocycles. The van der Waals surface area contributed by atoms with Crippen molar-refractivity contribution in [1.29, 1.82) is 0 Å². The minimum atomic E-state index is 0. The van der Waals surface area contributed by atoms with Crippen LogP contribution in [0.25, 0.3) is 0 Å². The predicted molar refractivity (Wildman–Crippen MR) is 111 cm³/mol. The van der Waals surface area contributed by atoms with Crippen molar-refractivity contribution < 1.29 is 9.53 Å². The lowest BCUT2D eigenvalue weighted by atomic mass is 10.1. The molecular formula is C18H31Cl2N5O2. The molecule has 1 aromatic heterocycles. The summed E-state index contributed by atoms with van der Waals surface area (Å²) in [6, 6.07) is 0. The van der Waals surface area contributed by atoms with Gasteiger partial charge in [-0.15, -0.1) is 24.8 Å². The van der Waals surface area contributed by atoms with Crippen molar-refractivity contribution in [2.45, 2.75) is 39.7 Å². The van der Waals surface area contributed by atoms with E-state index in [1.807, 2.05) is 13.8 Å². The molecule has 0 aromatic carbocycles. The van der Waals surface area contributed by atoms with Crippen molar-refractivity contribution in [3.8, 4) is 0 Å². The third kappa shape index (κ3) is 5.91. The Morgan fingerprint density at radius 1 is 1.26 bits per heavy atom. The number of nitrogens with one attached hydrogen (secondary N) is 2. The van der Waals surface area contributed by atoms with Crippen molar-refractivity contribution >= 4 is 36.5 Å². The van der Waals surface area contributed by atoms with E-state index in [9.17, 15) is 4.79 Å². The van der Waals surface area contributed by atoms with Crippen LogP contribution >= 0.6 is 24.8 Å². The quantitative estimate of drug-likeness (QED) is 0.727. The average Bonchev–Trinajstić information content (AvgIpc) is 2.99. The highest BCUT2D eigenvalue weighted by molar-refractivity contribution is 5.85. The van der Waals surface area contributed by atoms with E-state index in [-0.39, 0.29) is 36.6 Å². The van der Waals surface area contributed by atoms with Crippen LogP contribution in [-0.2, 0) is 29.0 Å². The van der Waals surface area contributed by atoms with E-state index in [1.54, 1.807) is 0 Å². The van der Waals surface area contributed by atoms with Crippen LogP contribution in [0.1, 0.15) is 37.4 Å². The molecule has 0 aliphatic carbocycles. The molecule has 2 aliphatic rings. The summed E-state index contributed by atoms with van der Waals surface area (Å²) in [7, 11) is 0. The Labute approximate surface area is 173 Å². The van der Waals surface area contributed by atoms with Gasteiger partial charge in [0, 0.05) is 44.8 Å². The van der Waals surface area contributed by atoms with Crippen LogP contribution in [0.4, 0.5) is 5.82 Å². The molecule has 1 atom stereocenters. The van der Waals surface area contributed by atoms with Gasteiger partial charge in [-0.3, -0.25) is 4.79 Å². The molecule has 0 bridgehead atoms. The number of rotatable bonds is 6. The van der Waals surface area contributed by atoms with Gasteiger partial charge in [0.2, 0.25) is 5.91 Å². The molecule has 3 heterocycles. The standard InChI is InChI=1S/C18H29N5O2.2ClH/c1-3-20-18(24)13-7-10-23(11-13)17-14-5-8-19-9-6-15(14)21-16(22-17)12-25-4-2;;/h13,19H,3-12H2,1-2H3,(H,20,24);2*1H. The van der Waals surface area contributed by atoms with Gasteiger partial charge in [0.25, 0.3) is 0 Å². The molecule has 1 fully saturated rings. The number of ether oxygens (including phenoxy) is 1. The van der Waals surface area contributed by atoms with Gasteiger partial charge in [0.15, 0.2) is 5.82 Å². The Balaban J connectivity index is 0.00000182. The summed E-state index contributed by atoms with van der Waals surface area (Å²) in [5, 5.41) is 6.38. The summed E-state index contributed by atoms with van der Waals surface area (Å²) in [4.78, 5) is 24.0. The van der Waals surface area contributed by atoms with Crippen LogP contribution in [0, 0.1) is 5.92 Å².